The molecule has 4 aliphatic rings. The molecule has 0 spiro atoms. The van der Waals surface area contributed by atoms with E-state index >= 15 is 0 Å². The highest BCUT2D eigenvalue weighted by molar-refractivity contribution is 5.86. The quantitative estimate of drug-likeness (QED) is 0.776. The monoisotopic (exact) mass is 366 g/mol. The molecule has 1 amide bonds. The number of morpholine rings is 1. The van der Waals surface area contributed by atoms with E-state index in [1.807, 2.05) is 0 Å². The van der Waals surface area contributed by atoms with Gasteiger partial charge in [0.15, 0.2) is 0 Å². The largest absolute Gasteiger partial charge is 0.379 e. The fourth-order valence-electron chi connectivity index (χ4n) is 4.71. The van der Waals surface area contributed by atoms with Crippen molar-refractivity contribution in [3.8, 4) is 0 Å². The van der Waals surface area contributed by atoms with E-state index in [4.69, 9.17) is 14.2 Å². The molecule has 0 unspecified atom stereocenters. The second-order valence-corrected chi connectivity index (χ2v) is 8.45. The molecule has 2 heterocycles. The second kappa shape index (κ2) is 8.55. The van der Waals surface area contributed by atoms with Crippen molar-refractivity contribution in [2.75, 3.05) is 46.1 Å². The van der Waals surface area contributed by atoms with Crippen LogP contribution < -0.4 is 5.32 Å². The Labute approximate surface area is 156 Å². The van der Waals surface area contributed by atoms with Gasteiger partial charge in [0.25, 0.3) is 0 Å². The maximum Gasteiger partial charge on any atom is 0.240 e. The Morgan fingerprint density at radius 1 is 1.04 bits per heavy atom. The fraction of sp³-hybridized carbons (Fsp3) is 0.950. The van der Waals surface area contributed by atoms with Crippen LogP contribution in [0.1, 0.15) is 51.4 Å². The highest BCUT2D eigenvalue weighted by Gasteiger charge is 2.46. The van der Waals surface area contributed by atoms with Crippen LogP contribution >= 0.6 is 0 Å². The minimum atomic E-state index is -0.361. The SMILES string of the molecule is O=C(N[C@@H]1COCC[C@@H]1OCC1CC1)C1(N2CCOCC2)CCCCC1. The summed E-state index contributed by atoms with van der Waals surface area (Å²) in [5, 5.41) is 3.35. The Morgan fingerprint density at radius 3 is 2.54 bits per heavy atom. The van der Waals surface area contributed by atoms with Gasteiger partial charge in [-0.3, -0.25) is 9.69 Å². The van der Waals surface area contributed by atoms with Crippen molar-refractivity contribution in [3.05, 3.63) is 0 Å². The number of rotatable bonds is 6. The lowest BCUT2D eigenvalue weighted by atomic mass is 9.78. The van der Waals surface area contributed by atoms with Crippen molar-refractivity contribution in [3.63, 3.8) is 0 Å². The smallest absolute Gasteiger partial charge is 0.240 e. The lowest BCUT2D eigenvalue weighted by Crippen LogP contribution is -2.65. The topological polar surface area (TPSA) is 60.0 Å². The number of nitrogens with one attached hydrogen (secondary N) is 1. The molecular weight excluding hydrogens is 332 g/mol. The fourth-order valence-corrected chi connectivity index (χ4v) is 4.71. The average molecular weight is 367 g/mol. The highest BCUT2D eigenvalue weighted by Crippen LogP contribution is 2.35. The van der Waals surface area contributed by atoms with Gasteiger partial charge in [-0.25, -0.2) is 0 Å². The first-order valence-electron chi connectivity index (χ1n) is 10.6. The summed E-state index contributed by atoms with van der Waals surface area (Å²) in [4.78, 5) is 15.9. The van der Waals surface area contributed by atoms with Crippen molar-refractivity contribution in [2.24, 2.45) is 5.92 Å². The summed E-state index contributed by atoms with van der Waals surface area (Å²) in [6, 6.07) is -0.0187. The Morgan fingerprint density at radius 2 is 1.81 bits per heavy atom. The summed E-state index contributed by atoms with van der Waals surface area (Å²) in [6.07, 6.45) is 8.97. The van der Waals surface area contributed by atoms with E-state index in [9.17, 15) is 4.79 Å². The van der Waals surface area contributed by atoms with Gasteiger partial charge in [-0.15, -0.1) is 0 Å². The summed E-state index contributed by atoms with van der Waals surface area (Å²) in [5.74, 6) is 0.932. The van der Waals surface area contributed by atoms with Crippen LogP contribution in [0.4, 0.5) is 0 Å². The van der Waals surface area contributed by atoms with Gasteiger partial charge in [0, 0.05) is 26.3 Å². The summed E-state index contributed by atoms with van der Waals surface area (Å²) in [6.45, 7) is 5.32. The molecule has 2 saturated heterocycles. The molecule has 148 valence electrons. The number of hydrogen-bond donors (Lipinski definition) is 1. The molecule has 2 aliphatic carbocycles. The van der Waals surface area contributed by atoms with Crippen LogP contribution in [-0.2, 0) is 19.0 Å². The van der Waals surface area contributed by atoms with Crippen molar-refractivity contribution < 1.29 is 19.0 Å². The first-order valence-corrected chi connectivity index (χ1v) is 10.6. The van der Waals surface area contributed by atoms with Crippen LogP contribution in [0.15, 0.2) is 0 Å². The van der Waals surface area contributed by atoms with Gasteiger partial charge in [-0.05, 0) is 38.0 Å². The molecule has 6 nitrogen and oxygen atoms in total. The van der Waals surface area contributed by atoms with Gasteiger partial charge in [0.05, 0.1) is 32.0 Å². The van der Waals surface area contributed by atoms with E-state index in [0.29, 0.717) is 6.61 Å². The highest BCUT2D eigenvalue weighted by atomic mass is 16.5. The molecule has 0 aromatic carbocycles. The minimum Gasteiger partial charge on any atom is -0.379 e. The van der Waals surface area contributed by atoms with Gasteiger partial charge in [-0.1, -0.05) is 19.3 Å². The molecule has 26 heavy (non-hydrogen) atoms. The standard InChI is InChI=1S/C20H34N2O4/c23-19(20(7-2-1-3-8-20)22-9-12-24-13-10-22)21-17-15-25-11-6-18(17)26-14-16-4-5-16/h16-18H,1-15H2,(H,21,23)/t17-,18+/m1/s1. The molecule has 1 N–H and O–H groups in total. The first kappa shape index (κ1) is 18.7. The van der Waals surface area contributed by atoms with Crippen LogP contribution in [0, 0.1) is 5.92 Å². The van der Waals surface area contributed by atoms with Crippen molar-refractivity contribution >= 4 is 5.91 Å². The van der Waals surface area contributed by atoms with Crippen molar-refractivity contribution in [2.45, 2.75) is 69.1 Å². The Balaban J connectivity index is 1.42. The van der Waals surface area contributed by atoms with Crippen LogP contribution in [0.5, 0.6) is 0 Å². The number of hydrogen-bond acceptors (Lipinski definition) is 5. The number of carbonyl (C=O) groups excluding carboxylic acids is 1. The average Bonchev–Trinajstić information content (AvgIpc) is 3.53. The zero-order chi connectivity index (χ0) is 17.8. The predicted octanol–water partition coefficient (Wildman–Crippen LogP) is 1.72. The Kier molecular flexibility index (Phi) is 6.14. The van der Waals surface area contributed by atoms with E-state index < -0.39 is 0 Å². The zero-order valence-corrected chi connectivity index (χ0v) is 15.9. The molecule has 4 fully saturated rings. The normalized spacial score (nSPS) is 32.9. The van der Waals surface area contributed by atoms with E-state index in [0.717, 1.165) is 77.5 Å². The third-order valence-corrected chi connectivity index (χ3v) is 6.57. The molecule has 2 aliphatic heterocycles. The summed E-state index contributed by atoms with van der Waals surface area (Å²) < 4.78 is 17.4. The van der Waals surface area contributed by atoms with E-state index in [1.54, 1.807) is 0 Å². The number of carbonyl (C=O) groups is 1. The van der Waals surface area contributed by atoms with Gasteiger partial charge >= 0.3 is 0 Å². The number of nitrogens with zero attached hydrogens (tertiary/aromatic N) is 1. The minimum absolute atomic E-state index is 0.0187. The number of ether oxygens (including phenoxy) is 3. The van der Waals surface area contributed by atoms with E-state index in [2.05, 4.69) is 10.2 Å². The molecule has 0 aromatic heterocycles. The predicted molar refractivity (Wildman–Crippen MR) is 98.0 cm³/mol. The molecule has 0 aromatic rings. The summed E-state index contributed by atoms with van der Waals surface area (Å²) in [5.41, 5.74) is -0.361. The molecule has 6 heteroatoms. The third kappa shape index (κ3) is 4.24. The molecule has 0 bridgehead atoms. The van der Waals surface area contributed by atoms with Gasteiger partial charge in [-0.2, -0.15) is 0 Å². The summed E-state index contributed by atoms with van der Waals surface area (Å²) in [7, 11) is 0. The molecule has 2 saturated carbocycles. The summed E-state index contributed by atoms with van der Waals surface area (Å²) >= 11 is 0. The van der Waals surface area contributed by atoms with Crippen molar-refractivity contribution in [1.29, 1.82) is 0 Å². The zero-order valence-electron chi connectivity index (χ0n) is 15.9. The Bertz CT molecular complexity index is 470. The maximum absolute atomic E-state index is 13.5. The van der Waals surface area contributed by atoms with E-state index in [-0.39, 0.29) is 23.6 Å². The van der Waals surface area contributed by atoms with Gasteiger partial charge in [0.1, 0.15) is 5.54 Å². The molecule has 2 atom stereocenters. The molecule has 0 radical (unpaired) electrons. The second-order valence-electron chi connectivity index (χ2n) is 8.45. The lowest BCUT2D eigenvalue weighted by molar-refractivity contribution is -0.144. The van der Waals surface area contributed by atoms with Crippen LogP contribution in [0.2, 0.25) is 0 Å². The third-order valence-electron chi connectivity index (χ3n) is 6.57. The lowest BCUT2D eigenvalue weighted by Gasteiger charge is -2.47. The van der Waals surface area contributed by atoms with Crippen LogP contribution in [-0.4, -0.2) is 74.6 Å². The van der Waals surface area contributed by atoms with Crippen LogP contribution in [0.25, 0.3) is 0 Å². The molecule has 4 rings (SSSR count). The van der Waals surface area contributed by atoms with Gasteiger partial charge < -0.3 is 19.5 Å². The van der Waals surface area contributed by atoms with E-state index in [1.165, 1.54) is 19.3 Å². The molecular formula is C20H34N2O4. The first-order chi connectivity index (χ1) is 12.8. The van der Waals surface area contributed by atoms with Gasteiger partial charge in [0.2, 0.25) is 5.91 Å². The number of amides is 1. The maximum atomic E-state index is 13.5. The van der Waals surface area contributed by atoms with Crippen molar-refractivity contribution in [1.82, 2.24) is 10.2 Å². The van der Waals surface area contributed by atoms with Crippen LogP contribution in [0.3, 0.4) is 0 Å². The Hall–Kier alpha value is -0.690.